The lowest BCUT2D eigenvalue weighted by atomic mass is 9.57. The molecule has 1 aromatic carbocycles. The molecule has 2 aliphatic rings. The molecule has 4 heteroatoms. The van der Waals surface area contributed by atoms with E-state index in [0.29, 0.717) is 23.6 Å². The number of carbonyl (C=O) groups is 1. The Balaban J connectivity index is 1.73. The van der Waals surface area contributed by atoms with Crippen molar-refractivity contribution in [3.05, 3.63) is 29.8 Å². The van der Waals surface area contributed by atoms with Crippen molar-refractivity contribution in [2.75, 3.05) is 11.9 Å². The van der Waals surface area contributed by atoms with Gasteiger partial charge < -0.3 is 15.8 Å². The summed E-state index contributed by atoms with van der Waals surface area (Å²) in [5.41, 5.74) is 6.97. The lowest BCUT2D eigenvalue weighted by molar-refractivity contribution is -0.0923. The normalized spacial score (nSPS) is 31.4. The summed E-state index contributed by atoms with van der Waals surface area (Å²) in [7, 11) is 0. The number of anilines is 1. The van der Waals surface area contributed by atoms with Crippen molar-refractivity contribution in [3.8, 4) is 0 Å². The third kappa shape index (κ3) is 1.91. The second-order valence-electron chi connectivity index (χ2n) is 6.13. The number of ether oxygens (including phenoxy) is 1. The van der Waals surface area contributed by atoms with Crippen LogP contribution in [0.5, 0.6) is 0 Å². The van der Waals surface area contributed by atoms with Gasteiger partial charge in [-0.15, -0.1) is 0 Å². The van der Waals surface area contributed by atoms with E-state index in [2.05, 4.69) is 19.2 Å². The summed E-state index contributed by atoms with van der Waals surface area (Å²) < 4.78 is 5.78. The van der Waals surface area contributed by atoms with Gasteiger partial charge in [0.25, 0.3) is 0 Å². The van der Waals surface area contributed by atoms with Crippen LogP contribution in [-0.4, -0.2) is 24.7 Å². The quantitative estimate of drug-likeness (QED) is 0.873. The predicted octanol–water partition coefficient (Wildman–Crippen LogP) is 2.01. The van der Waals surface area contributed by atoms with Crippen LogP contribution in [0.3, 0.4) is 0 Å². The average molecular weight is 260 g/mol. The predicted molar refractivity (Wildman–Crippen MR) is 74.0 cm³/mol. The monoisotopic (exact) mass is 260 g/mol. The number of nitrogens with one attached hydrogen (secondary N) is 1. The fraction of sp³-hybridized carbons (Fsp3) is 0.533. The van der Waals surface area contributed by atoms with Gasteiger partial charge in [0.2, 0.25) is 5.91 Å². The molecule has 3 atom stereocenters. The van der Waals surface area contributed by atoms with E-state index in [0.717, 1.165) is 18.7 Å². The Morgan fingerprint density at radius 2 is 2.05 bits per heavy atom. The van der Waals surface area contributed by atoms with Crippen LogP contribution in [0.1, 0.15) is 30.6 Å². The first-order valence-corrected chi connectivity index (χ1v) is 6.78. The van der Waals surface area contributed by atoms with E-state index in [4.69, 9.17) is 10.5 Å². The summed E-state index contributed by atoms with van der Waals surface area (Å²) in [4.78, 5) is 11.0. The van der Waals surface area contributed by atoms with Crippen molar-refractivity contribution in [2.45, 2.75) is 32.4 Å². The molecule has 0 bridgehead atoms. The number of nitrogens with two attached hydrogens (primary N) is 1. The van der Waals surface area contributed by atoms with Crippen LogP contribution < -0.4 is 11.1 Å². The Hall–Kier alpha value is -1.55. The Bertz CT molecular complexity index is 495. The van der Waals surface area contributed by atoms with Gasteiger partial charge in [0.15, 0.2) is 0 Å². The Morgan fingerprint density at radius 1 is 1.37 bits per heavy atom. The molecule has 1 saturated heterocycles. The molecule has 1 heterocycles. The smallest absolute Gasteiger partial charge is 0.248 e. The van der Waals surface area contributed by atoms with E-state index >= 15 is 0 Å². The summed E-state index contributed by atoms with van der Waals surface area (Å²) >= 11 is 0. The topological polar surface area (TPSA) is 64.3 Å². The minimum absolute atomic E-state index is 0.156. The fourth-order valence-electron chi connectivity index (χ4n) is 3.53. The van der Waals surface area contributed by atoms with E-state index in [1.54, 1.807) is 12.1 Å². The summed E-state index contributed by atoms with van der Waals surface area (Å²) in [6, 6.07) is 7.79. The van der Waals surface area contributed by atoms with Gasteiger partial charge in [0.05, 0.1) is 6.10 Å². The molecule has 3 rings (SSSR count). The van der Waals surface area contributed by atoms with Gasteiger partial charge in [0.1, 0.15) is 0 Å². The standard InChI is InChI=1S/C15H20N2O2/c1-15(2)12(11-7-8-19-13(11)15)17-10-5-3-9(4-6-10)14(16)18/h3-6,11-13,17H,7-8H2,1-2H3,(H2,16,18). The molecule has 4 nitrogen and oxygen atoms in total. The molecule has 1 amide bonds. The Kier molecular flexibility index (Phi) is 2.78. The van der Waals surface area contributed by atoms with Crippen LogP contribution >= 0.6 is 0 Å². The van der Waals surface area contributed by atoms with Crippen LogP contribution in [0, 0.1) is 11.3 Å². The van der Waals surface area contributed by atoms with Crippen molar-refractivity contribution >= 4 is 11.6 Å². The van der Waals surface area contributed by atoms with E-state index in [1.807, 2.05) is 12.1 Å². The van der Waals surface area contributed by atoms with Crippen LogP contribution in [-0.2, 0) is 4.74 Å². The zero-order valence-corrected chi connectivity index (χ0v) is 11.3. The van der Waals surface area contributed by atoms with Crippen molar-refractivity contribution in [3.63, 3.8) is 0 Å². The highest BCUT2D eigenvalue weighted by atomic mass is 16.5. The highest BCUT2D eigenvalue weighted by Crippen LogP contribution is 2.53. The molecule has 2 fully saturated rings. The largest absolute Gasteiger partial charge is 0.381 e. The lowest BCUT2D eigenvalue weighted by Crippen LogP contribution is -2.63. The van der Waals surface area contributed by atoms with Gasteiger partial charge in [0, 0.05) is 35.2 Å². The number of hydrogen-bond donors (Lipinski definition) is 2. The van der Waals surface area contributed by atoms with E-state index in [1.165, 1.54) is 0 Å². The molecular formula is C15H20N2O2. The minimum Gasteiger partial charge on any atom is -0.381 e. The number of primary amides is 1. The summed E-state index contributed by atoms with van der Waals surface area (Å²) in [6.45, 7) is 5.36. The zero-order valence-electron chi connectivity index (χ0n) is 11.3. The molecule has 3 N–H and O–H groups in total. The number of benzene rings is 1. The van der Waals surface area contributed by atoms with Crippen LogP contribution in [0.2, 0.25) is 0 Å². The van der Waals surface area contributed by atoms with Crippen molar-refractivity contribution in [1.29, 1.82) is 0 Å². The van der Waals surface area contributed by atoms with Crippen LogP contribution in [0.25, 0.3) is 0 Å². The van der Waals surface area contributed by atoms with Gasteiger partial charge in [-0.25, -0.2) is 0 Å². The van der Waals surface area contributed by atoms with Crippen molar-refractivity contribution in [2.24, 2.45) is 17.1 Å². The molecule has 1 saturated carbocycles. The second kappa shape index (κ2) is 4.23. The first kappa shape index (κ1) is 12.5. The van der Waals surface area contributed by atoms with E-state index < -0.39 is 0 Å². The maximum absolute atomic E-state index is 11.0. The third-order valence-corrected chi connectivity index (χ3v) is 4.59. The van der Waals surface area contributed by atoms with Gasteiger partial charge in [-0.3, -0.25) is 4.79 Å². The van der Waals surface area contributed by atoms with Gasteiger partial charge >= 0.3 is 0 Å². The number of hydrogen-bond acceptors (Lipinski definition) is 3. The number of carbonyl (C=O) groups excluding carboxylic acids is 1. The zero-order chi connectivity index (χ0) is 13.6. The summed E-state index contributed by atoms with van der Waals surface area (Å²) in [6.07, 6.45) is 1.51. The van der Waals surface area contributed by atoms with E-state index in [9.17, 15) is 4.79 Å². The van der Waals surface area contributed by atoms with Gasteiger partial charge in [-0.2, -0.15) is 0 Å². The SMILES string of the molecule is CC1(C)C(Nc2ccc(C(N)=O)cc2)C2CCOC21. The Labute approximate surface area is 113 Å². The first-order valence-electron chi connectivity index (χ1n) is 6.78. The molecule has 3 unspecified atom stereocenters. The number of fused-ring (bicyclic) bond motifs is 1. The first-order chi connectivity index (χ1) is 9.00. The molecule has 0 spiro atoms. The number of amides is 1. The van der Waals surface area contributed by atoms with Gasteiger partial charge in [-0.1, -0.05) is 13.8 Å². The summed E-state index contributed by atoms with van der Waals surface area (Å²) in [5, 5.41) is 3.57. The van der Waals surface area contributed by atoms with Crippen LogP contribution in [0.15, 0.2) is 24.3 Å². The maximum Gasteiger partial charge on any atom is 0.248 e. The Morgan fingerprint density at radius 3 is 2.68 bits per heavy atom. The van der Waals surface area contributed by atoms with Crippen molar-refractivity contribution in [1.82, 2.24) is 0 Å². The van der Waals surface area contributed by atoms with Gasteiger partial charge in [-0.05, 0) is 30.7 Å². The lowest BCUT2D eigenvalue weighted by Gasteiger charge is -2.55. The molecular weight excluding hydrogens is 240 g/mol. The summed E-state index contributed by atoms with van der Waals surface area (Å²) in [5.74, 6) is 0.214. The van der Waals surface area contributed by atoms with E-state index in [-0.39, 0.29) is 11.3 Å². The molecule has 102 valence electrons. The van der Waals surface area contributed by atoms with Crippen molar-refractivity contribution < 1.29 is 9.53 Å². The molecule has 0 aromatic heterocycles. The molecule has 1 aliphatic heterocycles. The molecule has 1 aliphatic carbocycles. The minimum atomic E-state index is -0.389. The highest BCUT2D eigenvalue weighted by Gasteiger charge is 2.59. The molecule has 19 heavy (non-hydrogen) atoms. The van der Waals surface area contributed by atoms with Crippen LogP contribution in [0.4, 0.5) is 5.69 Å². The molecule has 0 radical (unpaired) electrons. The third-order valence-electron chi connectivity index (χ3n) is 4.59. The average Bonchev–Trinajstić information content (AvgIpc) is 2.83. The second-order valence-corrected chi connectivity index (χ2v) is 6.13. The highest BCUT2D eigenvalue weighted by molar-refractivity contribution is 5.93. The fourth-order valence-corrected chi connectivity index (χ4v) is 3.53. The maximum atomic E-state index is 11.0. The number of rotatable bonds is 3. The molecule has 1 aromatic rings.